The highest BCUT2D eigenvalue weighted by Gasteiger charge is 2.14. The number of halogens is 3. The van der Waals surface area contributed by atoms with Crippen molar-refractivity contribution in [3.63, 3.8) is 0 Å². The van der Waals surface area contributed by atoms with Crippen molar-refractivity contribution in [2.75, 3.05) is 0 Å². The van der Waals surface area contributed by atoms with Crippen LogP contribution >= 0.6 is 0 Å². The third kappa shape index (κ3) is 3.21. The third-order valence-corrected chi connectivity index (χ3v) is 3.39. The summed E-state index contributed by atoms with van der Waals surface area (Å²) < 4.78 is 42.0. The van der Waals surface area contributed by atoms with E-state index in [1.54, 1.807) is 13.8 Å². The van der Waals surface area contributed by atoms with Gasteiger partial charge in [-0.25, -0.2) is 22.8 Å². The van der Waals surface area contributed by atoms with Gasteiger partial charge < -0.3 is 0 Å². The van der Waals surface area contributed by atoms with Crippen molar-refractivity contribution in [1.82, 2.24) is 14.8 Å². The topological polar surface area (TPSA) is 30.7 Å². The largest absolute Gasteiger partial charge is 0.242 e. The van der Waals surface area contributed by atoms with E-state index in [4.69, 9.17) is 0 Å². The quantitative estimate of drug-likeness (QED) is 0.694. The van der Waals surface area contributed by atoms with Crippen LogP contribution < -0.4 is 0 Å². The average molecular weight is 321 g/mol. The molecular weight excluding hydrogens is 303 g/mol. The molecule has 6 heteroatoms. The van der Waals surface area contributed by atoms with Crippen LogP contribution in [0.25, 0.3) is 11.0 Å². The van der Waals surface area contributed by atoms with Gasteiger partial charge in [0.05, 0.1) is 17.9 Å². The number of hydrogen-bond acceptors (Lipinski definition) is 2. The summed E-state index contributed by atoms with van der Waals surface area (Å²) in [5.74, 6) is -2.23. The smallest absolute Gasteiger partial charge is 0.163 e. The van der Waals surface area contributed by atoms with Gasteiger partial charge in [0.1, 0.15) is 5.82 Å². The van der Waals surface area contributed by atoms with Crippen molar-refractivity contribution in [2.24, 2.45) is 0 Å². The first-order chi connectivity index (χ1) is 11.0. The van der Waals surface area contributed by atoms with E-state index in [1.165, 1.54) is 22.9 Å². The predicted molar refractivity (Wildman–Crippen MR) is 83.8 cm³/mol. The summed E-state index contributed by atoms with van der Waals surface area (Å²) in [5.41, 5.74) is 1.45. The average Bonchev–Trinajstić information content (AvgIpc) is 2.82. The standard InChI is InChI=1S/C15H12F3N3.C2H6/c1-8-11-6-13(17)9(2)19-15(11)21(20-8)7-10-4-3-5-12(16)14(10)18;1-2/h3-6H,7H2,1-2H3;1-2H3. The molecule has 2 aromatic heterocycles. The molecule has 0 amide bonds. The summed E-state index contributed by atoms with van der Waals surface area (Å²) >= 11 is 0. The van der Waals surface area contributed by atoms with Gasteiger partial charge in [-0.05, 0) is 26.0 Å². The maximum atomic E-state index is 13.7. The van der Waals surface area contributed by atoms with Crippen LogP contribution in [0.5, 0.6) is 0 Å². The Morgan fingerprint density at radius 1 is 1.00 bits per heavy atom. The van der Waals surface area contributed by atoms with E-state index >= 15 is 0 Å². The number of aryl methyl sites for hydroxylation is 2. The van der Waals surface area contributed by atoms with Crippen LogP contribution in [0.4, 0.5) is 13.2 Å². The van der Waals surface area contributed by atoms with E-state index in [-0.39, 0.29) is 17.8 Å². The maximum Gasteiger partial charge on any atom is 0.163 e. The van der Waals surface area contributed by atoms with E-state index in [0.29, 0.717) is 16.7 Å². The van der Waals surface area contributed by atoms with Gasteiger partial charge in [-0.3, -0.25) is 0 Å². The Labute approximate surface area is 132 Å². The molecule has 0 aliphatic heterocycles. The lowest BCUT2D eigenvalue weighted by atomic mass is 10.2. The van der Waals surface area contributed by atoms with Crippen molar-refractivity contribution in [3.8, 4) is 0 Å². The highest BCUT2D eigenvalue weighted by atomic mass is 19.2. The number of nitrogens with zero attached hydrogens (tertiary/aromatic N) is 3. The Morgan fingerprint density at radius 3 is 2.39 bits per heavy atom. The number of fused-ring (bicyclic) bond motifs is 1. The number of hydrogen-bond donors (Lipinski definition) is 0. The van der Waals surface area contributed by atoms with Crippen LogP contribution in [0, 0.1) is 31.3 Å². The Bertz CT molecular complexity index is 841. The molecule has 3 aromatic rings. The Morgan fingerprint density at radius 2 is 1.70 bits per heavy atom. The Balaban J connectivity index is 0.000000924. The molecule has 122 valence electrons. The summed E-state index contributed by atoms with van der Waals surface area (Å²) in [6.07, 6.45) is 0. The summed E-state index contributed by atoms with van der Waals surface area (Å²) in [6, 6.07) is 5.34. The number of rotatable bonds is 2. The van der Waals surface area contributed by atoms with Gasteiger partial charge in [-0.15, -0.1) is 0 Å². The van der Waals surface area contributed by atoms with Crippen LogP contribution in [0.15, 0.2) is 24.3 Å². The van der Waals surface area contributed by atoms with Gasteiger partial charge in [0.2, 0.25) is 0 Å². The molecule has 3 rings (SSSR count). The zero-order chi connectivity index (χ0) is 17.1. The molecule has 0 saturated heterocycles. The molecule has 0 aliphatic carbocycles. The molecule has 0 fully saturated rings. The zero-order valence-corrected chi connectivity index (χ0v) is 13.5. The monoisotopic (exact) mass is 321 g/mol. The maximum absolute atomic E-state index is 13.7. The molecule has 0 atom stereocenters. The van der Waals surface area contributed by atoms with Crippen molar-refractivity contribution in [2.45, 2.75) is 34.2 Å². The van der Waals surface area contributed by atoms with Gasteiger partial charge in [0.15, 0.2) is 17.3 Å². The lowest BCUT2D eigenvalue weighted by molar-refractivity contribution is 0.492. The van der Waals surface area contributed by atoms with Crippen molar-refractivity contribution >= 4 is 11.0 Å². The molecule has 0 N–H and O–H groups in total. The minimum absolute atomic E-state index is 0.0337. The van der Waals surface area contributed by atoms with E-state index in [1.807, 2.05) is 13.8 Å². The summed E-state index contributed by atoms with van der Waals surface area (Å²) in [5, 5.41) is 4.80. The van der Waals surface area contributed by atoms with E-state index in [9.17, 15) is 13.2 Å². The normalized spacial score (nSPS) is 10.6. The first kappa shape index (κ1) is 17.0. The highest BCUT2D eigenvalue weighted by molar-refractivity contribution is 5.78. The first-order valence-corrected chi connectivity index (χ1v) is 7.40. The molecule has 3 nitrogen and oxygen atoms in total. The second-order valence-electron chi connectivity index (χ2n) is 4.88. The second-order valence-corrected chi connectivity index (χ2v) is 4.88. The molecule has 1 aromatic carbocycles. The fourth-order valence-corrected chi connectivity index (χ4v) is 2.26. The van der Waals surface area contributed by atoms with Crippen molar-refractivity contribution in [1.29, 1.82) is 0 Å². The second kappa shape index (κ2) is 6.81. The lowest BCUT2D eigenvalue weighted by Gasteiger charge is -2.06. The van der Waals surface area contributed by atoms with Crippen molar-refractivity contribution in [3.05, 3.63) is 58.7 Å². The fraction of sp³-hybridized carbons (Fsp3) is 0.294. The Hall–Kier alpha value is -2.37. The Kier molecular flexibility index (Phi) is 5.03. The van der Waals surface area contributed by atoms with E-state index < -0.39 is 17.5 Å². The molecule has 0 radical (unpaired) electrons. The van der Waals surface area contributed by atoms with Gasteiger partial charge in [-0.1, -0.05) is 26.0 Å². The molecule has 2 heterocycles. The minimum atomic E-state index is -0.907. The van der Waals surface area contributed by atoms with Gasteiger partial charge in [0.25, 0.3) is 0 Å². The lowest BCUT2D eigenvalue weighted by Crippen LogP contribution is -2.06. The van der Waals surface area contributed by atoms with Crippen molar-refractivity contribution < 1.29 is 13.2 Å². The van der Waals surface area contributed by atoms with Crippen LogP contribution in [0.3, 0.4) is 0 Å². The van der Waals surface area contributed by atoms with Crippen LogP contribution in [0.2, 0.25) is 0 Å². The molecule has 0 aliphatic rings. The SMILES string of the molecule is CC.Cc1nc2c(cc1F)c(C)nn2Cc1cccc(F)c1F. The zero-order valence-electron chi connectivity index (χ0n) is 13.5. The van der Waals surface area contributed by atoms with E-state index in [0.717, 1.165) is 6.07 Å². The van der Waals surface area contributed by atoms with Gasteiger partial charge >= 0.3 is 0 Å². The number of benzene rings is 1. The van der Waals surface area contributed by atoms with Gasteiger partial charge in [-0.2, -0.15) is 5.10 Å². The summed E-state index contributed by atoms with van der Waals surface area (Å²) in [4.78, 5) is 4.15. The minimum Gasteiger partial charge on any atom is -0.242 e. The highest BCUT2D eigenvalue weighted by Crippen LogP contribution is 2.21. The molecular formula is C17H18F3N3. The number of aromatic nitrogens is 3. The molecule has 23 heavy (non-hydrogen) atoms. The molecule has 0 spiro atoms. The van der Waals surface area contributed by atoms with Crippen LogP contribution in [-0.2, 0) is 6.54 Å². The number of pyridine rings is 1. The van der Waals surface area contributed by atoms with Crippen LogP contribution in [0.1, 0.15) is 30.8 Å². The molecule has 0 unspecified atom stereocenters. The van der Waals surface area contributed by atoms with Crippen LogP contribution in [-0.4, -0.2) is 14.8 Å². The predicted octanol–water partition coefficient (Wildman–Crippen LogP) is 4.54. The molecule has 0 saturated carbocycles. The molecule has 0 bridgehead atoms. The summed E-state index contributed by atoms with van der Waals surface area (Å²) in [7, 11) is 0. The first-order valence-electron chi connectivity index (χ1n) is 7.40. The van der Waals surface area contributed by atoms with Gasteiger partial charge in [0, 0.05) is 10.9 Å². The third-order valence-electron chi connectivity index (χ3n) is 3.39. The fourth-order valence-electron chi connectivity index (χ4n) is 2.26. The summed E-state index contributed by atoms with van der Waals surface area (Å²) in [6.45, 7) is 7.30. The van der Waals surface area contributed by atoms with E-state index in [2.05, 4.69) is 10.1 Å².